The molecule has 2 fully saturated rings. The summed E-state index contributed by atoms with van der Waals surface area (Å²) in [5.41, 5.74) is 10.2. The van der Waals surface area contributed by atoms with Gasteiger partial charge < -0.3 is 11.1 Å². The zero-order valence-corrected chi connectivity index (χ0v) is 23.8. The highest BCUT2D eigenvalue weighted by Gasteiger charge is 2.44. The molecule has 0 bridgehead atoms. The summed E-state index contributed by atoms with van der Waals surface area (Å²) >= 11 is 0. The first-order valence-electron chi connectivity index (χ1n) is 14.6. The quantitative estimate of drug-likeness (QED) is 0.192. The predicted octanol–water partition coefficient (Wildman–Crippen LogP) is 2.94. The van der Waals surface area contributed by atoms with Gasteiger partial charge >= 0.3 is 0 Å². The number of allylic oxidation sites excluding steroid dienone is 1. The monoisotopic (exact) mass is 590 g/mol. The van der Waals surface area contributed by atoms with Crippen LogP contribution in [-0.4, -0.2) is 63.3 Å². The molecule has 2 aliphatic heterocycles. The molecule has 2 aromatic carbocycles. The number of nitriles is 1. The highest BCUT2D eigenvalue weighted by atomic mass is 16.2. The average Bonchev–Trinajstić information content (AvgIpc) is 3.25. The third-order valence-corrected chi connectivity index (χ3v) is 8.34. The summed E-state index contributed by atoms with van der Waals surface area (Å²) in [6.07, 6.45) is 8.99. The first-order valence-corrected chi connectivity index (χ1v) is 14.6. The minimum Gasteiger partial charge on any atom is -0.404 e. The fraction of sp³-hybridized carbons (Fsp3) is 0.312. The predicted molar refractivity (Wildman–Crippen MR) is 162 cm³/mol. The molecule has 1 aliphatic carbocycles. The number of aliphatic imine (C=N–C) groups is 1. The van der Waals surface area contributed by atoms with E-state index < -0.39 is 29.7 Å². The number of benzene rings is 2. The summed E-state index contributed by atoms with van der Waals surface area (Å²) in [6.45, 7) is 0.705. The van der Waals surface area contributed by atoms with Crippen LogP contribution in [0.1, 0.15) is 70.5 Å². The second kappa shape index (κ2) is 12.0. The molecule has 12 nitrogen and oxygen atoms in total. The number of carbonyl (C=O) groups is 4. The number of hydrogen-bond acceptors (Lipinski definition) is 10. The maximum absolute atomic E-state index is 13.0. The molecular weight excluding hydrogens is 560 g/mol. The Hall–Kier alpha value is -5.44. The minimum atomic E-state index is -0.976. The largest absolute Gasteiger partial charge is 0.404 e. The van der Waals surface area contributed by atoms with Crippen LogP contribution in [0.4, 0.5) is 5.69 Å². The van der Waals surface area contributed by atoms with E-state index in [2.05, 4.69) is 26.7 Å². The van der Waals surface area contributed by atoms with Crippen molar-refractivity contribution < 1.29 is 19.2 Å². The van der Waals surface area contributed by atoms with Crippen LogP contribution in [0.5, 0.6) is 0 Å². The summed E-state index contributed by atoms with van der Waals surface area (Å²) in [4.78, 5) is 64.3. The summed E-state index contributed by atoms with van der Waals surface area (Å²) in [5.74, 6) is -1.49. The molecule has 6 rings (SSSR count). The van der Waals surface area contributed by atoms with E-state index >= 15 is 0 Å². The Morgan fingerprint density at radius 3 is 2.70 bits per heavy atom. The van der Waals surface area contributed by atoms with Crippen LogP contribution in [-0.2, 0) is 9.59 Å². The fourth-order valence-electron chi connectivity index (χ4n) is 5.86. The van der Waals surface area contributed by atoms with Gasteiger partial charge in [-0.3, -0.25) is 39.4 Å². The third kappa shape index (κ3) is 5.64. The van der Waals surface area contributed by atoms with Crippen molar-refractivity contribution in [1.29, 1.82) is 5.26 Å². The molecule has 0 radical (unpaired) electrons. The summed E-state index contributed by atoms with van der Waals surface area (Å²) in [7, 11) is 0. The minimum absolute atomic E-state index is 0.0859. The highest BCUT2D eigenvalue weighted by Crippen LogP contribution is 2.34. The second-order valence-electron chi connectivity index (χ2n) is 11.2. The number of piperidine rings is 1. The molecule has 12 heteroatoms. The molecule has 1 unspecified atom stereocenters. The van der Waals surface area contributed by atoms with Crippen LogP contribution in [0, 0.1) is 17.2 Å². The number of hydrogen-bond donors (Lipinski definition) is 3. The number of nitrogens with two attached hydrogens (primary N) is 1. The van der Waals surface area contributed by atoms with E-state index in [4.69, 9.17) is 16.0 Å². The topological polar surface area (TPSA) is 184 Å². The van der Waals surface area contributed by atoms with Gasteiger partial charge in [0.25, 0.3) is 11.8 Å². The lowest BCUT2D eigenvalue weighted by Gasteiger charge is -2.32. The first-order chi connectivity index (χ1) is 21.3. The van der Waals surface area contributed by atoms with Crippen LogP contribution < -0.4 is 16.4 Å². The van der Waals surface area contributed by atoms with Gasteiger partial charge in [-0.15, -0.1) is 0 Å². The Kier molecular flexibility index (Phi) is 7.85. The van der Waals surface area contributed by atoms with E-state index in [-0.39, 0.29) is 30.0 Å². The van der Waals surface area contributed by atoms with Gasteiger partial charge in [0.1, 0.15) is 6.04 Å². The molecule has 222 valence electrons. The molecule has 44 heavy (non-hydrogen) atoms. The number of nitrogens with zero attached hydrogens (tertiary/aromatic N) is 5. The molecule has 1 saturated heterocycles. The number of aromatic nitrogens is 2. The molecular formula is C32H30N8O4. The first kappa shape index (κ1) is 28.7. The number of fused-ring (bicyclic) bond motifs is 2. The normalized spacial score (nSPS) is 21.8. The molecule has 3 aromatic rings. The van der Waals surface area contributed by atoms with Gasteiger partial charge in [-0.1, -0.05) is 0 Å². The van der Waals surface area contributed by atoms with E-state index in [0.717, 1.165) is 36.3 Å². The number of anilines is 1. The second-order valence-corrected chi connectivity index (χ2v) is 11.2. The molecule has 1 aromatic heterocycles. The van der Waals surface area contributed by atoms with Gasteiger partial charge in [0.05, 0.1) is 51.7 Å². The van der Waals surface area contributed by atoms with Gasteiger partial charge in [0, 0.05) is 36.6 Å². The van der Waals surface area contributed by atoms with Crippen molar-refractivity contribution in [2.75, 3.05) is 11.9 Å². The Labute approximate surface area is 253 Å². The van der Waals surface area contributed by atoms with Crippen molar-refractivity contribution in [3.05, 3.63) is 71.2 Å². The molecule has 4 N–H and O–H groups in total. The summed E-state index contributed by atoms with van der Waals surface area (Å²) < 4.78 is 0. The lowest BCUT2D eigenvalue weighted by Crippen LogP contribution is -2.54. The van der Waals surface area contributed by atoms with Crippen molar-refractivity contribution in [1.82, 2.24) is 20.2 Å². The van der Waals surface area contributed by atoms with Crippen LogP contribution in [0.25, 0.3) is 16.6 Å². The van der Waals surface area contributed by atoms with Crippen LogP contribution in [0.3, 0.4) is 0 Å². The standard InChI is InChI=1S/C32H30N8O4/c33-14-19-3-6-25-26(12-19)38-27(17-37-25)20(15-34)16-36-22-10-18(11-22)2-1-9-35-21-4-5-23-24(13-21)32(44)40(31(23)43)28-7-8-29(41)39-30(28)42/h3-6,12-13,15-18,22,28,35H,1-2,7-11,34H2,(H,39,41,42). The number of imide groups is 2. The summed E-state index contributed by atoms with van der Waals surface area (Å²) in [5, 5.41) is 14.7. The van der Waals surface area contributed by atoms with E-state index in [0.29, 0.717) is 40.3 Å². The van der Waals surface area contributed by atoms with Gasteiger partial charge in [-0.05, 0) is 74.4 Å². The van der Waals surface area contributed by atoms with Crippen molar-refractivity contribution in [3.8, 4) is 6.07 Å². The van der Waals surface area contributed by atoms with Gasteiger partial charge in [-0.2, -0.15) is 5.26 Å². The van der Waals surface area contributed by atoms with Crippen molar-refractivity contribution in [2.24, 2.45) is 16.6 Å². The van der Waals surface area contributed by atoms with E-state index in [1.54, 1.807) is 48.8 Å². The van der Waals surface area contributed by atoms with E-state index in [9.17, 15) is 19.2 Å². The molecule has 0 spiro atoms. The third-order valence-electron chi connectivity index (χ3n) is 8.34. The van der Waals surface area contributed by atoms with Gasteiger partial charge in [-0.25, -0.2) is 4.98 Å². The van der Waals surface area contributed by atoms with Crippen molar-refractivity contribution in [3.63, 3.8) is 0 Å². The molecule has 3 heterocycles. The molecule has 4 amide bonds. The van der Waals surface area contributed by atoms with Gasteiger partial charge in [0.15, 0.2) is 0 Å². The maximum atomic E-state index is 13.0. The number of nitrogens with one attached hydrogen (secondary N) is 2. The van der Waals surface area contributed by atoms with Crippen molar-refractivity contribution >= 4 is 52.1 Å². The Morgan fingerprint density at radius 1 is 1.11 bits per heavy atom. The summed E-state index contributed by atoms with van der Waals surface area (Å²) in [6, 6.07) is 11.5. The lowest BCUT2D eigenvalue weighted by molar-refractivity contribution is -0.136. The smallest absolute Gasteiger partial charge is 0.262 e. The van der Waals surface area contributed by atoms with Crippen LogP contribution >= 0.6 is 0 Å². The lowest BCUT2D eigenvalue weighted by atomic mass is 9.78. The molecule has 1 atom stereocenters. The average molecular weight is 591 g/mol. The number of amides is 4. The zero-order valence-electron chi connectivity index (χ0n) is 23.8. The molecule has 3 aliphatic rings. The zero-order chi connectivity index (χ0) is 30.8. The number of carbonyl (C=O) groups excluding carboxylic acids is 4. The Bertz CT molecular complexity index is 1790. The maximum Gasteiger partial charge on any atom is 0.262 e. The fourth-order valence-corrected chi connectivity index (χ4v) is 5.86. The Morgan fingerprint density at radius 2 is 1.93 bits per heavy atom. The van der Waals surface area contributed by atoms with E-state index in [1.807, 2.05) is 0 Å². The highest BCUT2D eigenvalue weighted by molar-refractivity contribution is 6.23. The SMILES string of the molecule is N#Cc1ccc2ncc(C(C=NC3CC(CCCNc4ccc5c(c4)C(=O)N(C4CCC(=O)NC4=O)C5=O)C3)=CN)nc2c1. The number of rotatable bonds is 9. The van der Waals surface area contributed by atoms with Crippen LogP contribution in [0.2, 0.25) is 0 Å². The van der Waals surface area contributed by atoms with Crippen molar-refractivity contribution in [2.45, 2.75) is 50.6 Å². The van der Waals surface area contributed by atoms with Crippen LogP contribution in [0.15, 0.2) is 53.8 Å². The van der Waals surface area contributed by atoms with E-state index in [1.165, 1.54) is 6.20 Å². The molecule has 1 saturated carbocycles. The Balaban J connectivity index is 0.961. The van der Waals surface area contributed by atoms with Gasteiger partial charge in [0.2, 0.25) is 11.8 Å².